The van der Waals surface area contributed by atoms with E-state index in [0.717, 1.165) is 36.2 Å². The second kappa shape index (κ2) is 8.84. The molecule has 0 spiro atoms. The third kappa shape index (κ3) is 4.96. The molecule has 2 aromatic rings. The molecule has 6 nitrogen and oxygen atoms in total. The summed E-state index contributed by atoms with van der Waals surface area (Å²) in [4.78, 5) is 26.1. The van der Waals surface area contributed by atoms with Gasteiger partial charge in [0.25, 0.3) is 0 Å². The number of hydrogen-bond acceptors (Lipinski definition) is 3. The van der Waals surface area contributed by atoms with Gasteiger partial charge in [-0.15, -0.1) is 0 Å². The molecule has 0 bridgehead atoms. The highest BCUT2D eigenvalue weighted by atomic mass is 16.2. The normalized spacial score (nSPS) is 14.9. The molecular formula is C21H28N4O2. The second-order valence-electron chi connectivity index (χ2n) is 7.20. The van der Waals surface area contributed by atoms with Gasteiger partial charge in [0.1, 0.15) is 0 Å². The van der Waals surface area contributed by atoms with Crippen LogP contribution < -0.4 is 5.32 Å². The first-order chi connectivity index (χ1) is 13.0. The maximum Gasteiger partial charge on any atom is 0.239 e. The molecule has 27 heavy (non-hydrogen) atoms. The van der Waals surface area contributed by atoms with Crippen molar-refractivity contribution in [3.05, 3.63) is 52.8 Å². The lowest BCUT2D eigenvalue weighted by Crippen LogP contribution is -2.40. The molecule has 1 fully saturated rings. The zero-order chi connectivity index (χ0) is 19.2. The Morgan fingerprint density at radius 3 is 2.70 bits per heavy atom. The van der Waals surface area contributed by atoms with Crippen LogP contribution >= 0.6 is 0 Å². The summed E-state index contributed by atoms with van der Waals surface area (Å²) >= 11 is 0. The summed E-state index contributed by atoms with van der Waals surface area (Å²) in [5.74, 6) is -0.0226. The van der Waals surface area contributed by atoms with Gasteiger partial charge in [-0.2, -0.15) is 5.10 Å². The summed E-state index contributed by atoms with van der Waals surface area (Å²) in [6.45, 7) is 5.97. The Balaban J connectivity index is 1.59. The monoisotopic (exact) mass is 368 g/mol. The van der Waals surface area contributed by atoms with Crippen molar-refractivity contribution >= 4 is 11.8 Å². The van der Waals surface area contributed by atoms with Gasteiger partial charge in [0.15, 0.2) is 0 Å². The summed E-state index contributed by atoms with van der Waals surface area (Å²) in [7, 11) is 0. The highest BCUT2D eigenvalue weighted by molar-refractivity contribution is 5.84. The van der Waals surface area contributed by atoms with Gasteiger partial charge < -0.3 is 10.2 Å². The van der Waals surface area contributed by atoms with Gasteiger partial charge in [-0.05, 0) is 32.3 Å². The predicted octanol–water partition coefficient (Wildman–Crippen LogP) is 2.57. The quantitative estimate of drug-likeness (QED) is 0.852. The minimum absolute atomic E-state index is 0.0886. The maximum absolute atomic E-state index is 12.3. The molecule has 0 aliphatic carbocycles. The minimum atomic E-state index is -0.111. The first-order valence-electron chi connectivity index (χ1n) is 9.66. The fraction of sp³-hybridized carbons (Fsp3) is 0.476. The van der Waals surface area contributed by atoms with Crippen molar-refractivity contribution in [1.82, 2.24) is 20.0 Å². The van der Waals surface area contributed by atoms with E-state index in [1.54, 1.807) is 4.90 Å². The predicted molar refractivity (Wildman–Crippen MR) is 104 cm³/mol. The zero-order valence-corrected chi connectivity index (χ0v) is 16.2. The largest absolute Gasteiger partial charge is 0.350 e. The van der Waals surface area contributed by atoms with E-state index < -0.39 is 0 Å². The number of aryl methyl sites for hydroxylation is 1. The number of nitrogens with one attached hydrogen (secondary N) is 1. The van der Waals surface area contributed by atoms with Crippen molar-refractivity contribution in [3.8, 4) is 0 Å². The first-order valence-corrected chi connectivity index (χ1v) is 9.66. The van der Waals surface area contributed by atoms with Crippen LogP contribution in [0.3, 0.4) is 0 Å². The fourth-order valence-electron chi connectivity index (χ4n) is 3.52. The van der Waals surface area contributed by atoms with Crippen LogP contribution in [0.4, 0.5) is 0 Å². The molecule has 1 aliphatic heterocycles. The van der Waals surface area contributed by atoms with Crippen LogP contribution in [-0.4, -0.2) is 39.6 Å². The van der Waals surface area contributed by atoms with Crippen LogP contribution in [0.1, 0.15) is 48.2 Å². The lowest BCUT2D eigenvalue weighted by atomic mass is 10.2. The summed E-state index contributed by atoms with van der Waals surface area (Å²) in [5, 5.41) is 7.58. The van der Waals surface area contributed by atoms with E-state index >= 15 is 0 Å². The Bertz CT molecular complexity index is 798. The van der Waals surface area contributed by atoms with E-state index in [4.69, 9.17) is 0 Å². The van der Waals surface area contributed by atoms with Gasteiger partial charge in [0.05, 0.1) is 18.8 Å². The van der Waals surface area contributed by atoms with Crippen LogP contribution in [0.15, 0.2) is 30.3 Å². The molecule has 1 N–H and O–H groups in total. The average molecular weight is 368 g/mol. The summed E-state index contributed by atoms with van der Waals surface area (Å²) in [5.41, 5.74) is 4.22. The molecule has 2 amide bonds. The summed E-state index contributed by atoms with van der Waals surface area (Å²) in [6, 6.07) is 10.2. The van der Waals surface area contributed by atoms with Crippen LogP contribution in [-0.2, 0) is 22.7 Å². The Morgan fingerprint density at radius 2 is 1.93 bits per heavy atom. The number of likely N-dealkylation sites (tertiary alicyclic amines) is 1. The van der Waals surface area contributed by atoms with Crippen molar-refractivity contribution in [2.75, 3.05) is 13.1 Å². The van der Waals surface area contributed by atoms with E-state index in [0.29, 0.717) is 26.1 Å². The number of rotatable bonds is 6. The minimum Gasteiger partial charge on any atom is -0.350 e. The Kier molecular flexibility index (Phi) is 6.27. The maximum atomic E-state index is 12.3. The first kappa shape index (κ1) is 19.1. The molecule has 3 rings (SSSR count). The van der Waals surface area contributed by atoms with Gasteiger partial charge in [0, 0.05) is 30.8 Å². The molecule has 0 radical (unpaired) electrons. The van der Waals surface area contributed by atoms with Gasteiger partial charge >= 0.3 is 0 Å². The van der Waals surface area contributed by atoms with Crippen LogP contribution in [0.2, 0.25) is 0 Å². The Hall–Kier alpha value is -2.63. The molecule has 0 saturated carbocycles. The van der Waals surface area contributed by atoms with E-state index in [1.807, 2.05) is 36.7 Å². The zero-order valence-electron chi connectivity index (χ0n) is 16.2. The van der Waals surface area contributed by atoms with E-state index in [2.05, 4.69) is 22.5 Å². The smallest absolute Gasteiger partial charge is 0.239 e. The third-order valence-electron chi connectivity index (χ3n) is 5.17. The molecule has 2 heterocycles. The highest BCUT2D eigenvalue weighted by Crippen LogP contribution is 2.15. The van der Waals surface area contributed by atoms with Gasteiger partial charge in [-0.1, -0.05) is 36.8 Å². The van der Waals surface area contributed by atoms with Crippen LogP contribution in [0, 0.1) is 13.8 Å². The van der Waals surface area contributed by atoms with Gasteiger partial charge in [0.2, 0.25) is 11.8 Å². The number of aromatic nitrogens is 2. The van der Waals surface area contributed by atoms with Crippen molar-refractivity contribution in [1.29, 1.82) is 0 Å². The molecule has 1 aromatic carbocycles. The molecule has 0 unspecified atom stereocenters. The van der Waals surface area contributed by atoms with Crippen molar-refractivity contribution in [2.24, 2.45) is 0 Å². The van der Waals surface area contributed by atoms with Crippen molar-refractivity contribution in [3.63, 3.8) is 0 Å². The van der Waals surface area contributed by atoms with Crippen LogP contribution in [0.5, 0.6) is 0 Å². The van der Waals surface area contributed by atoms with Gasteiger partial charge in [-0.3, -0.25) is 14.3 Å². The number of amides is 2. The van der Waals surface area contributed by atoms with Crippen molar-refractivity contribution in [2.45, 2.75) is 52.6 Å². The lowest BCUT2D eigenvalue weighted by Gasteiger charge is -2.19. The molecule has 1 aromatic heterocycles. The third-order valence-corrected chi connectivity index (χ3v) is 5.17. The second-order valence-corrected chi connectivity index (χ2v) is 7.20. The SMILES string of the molecule is Cc1nn(Cc2ccccc2)c(C)c1CNC(=O)CN1CCCCCC1=O. The number of hydrogen-bond donors (Lipinski definition) is 1. The Morgan fingerprint density at radius 1 is 1.15 bits per heavy atom. The van der Waals surface area contributed by atoms with Crippen molar-refractivity contribution < 1.29 is 9.59 Å². The fourth-order valence-corrected chi connectivity index (χ4v) is 3.52. The van der Waals surface area contributed by atoms with E-state index in [9.17, 15) is 9.59 Å². The summed E-state index contributed by atoms with van der Waals surface area (Å²) in [6.07, 6.45) is 3.51. The topological polar surface area (TPSA) is 67.2 Å². The molecule has 1 saturated heterocycles. The lowest BCUT2D eigenvalue weighted by molar-refractivity contribution is -0.135. The highest BCUT2D eigenvalue weighted by Gasteiger charge is 2.19. The van der Waals surface area contributed by atoms with Crippen LogP contribution in [0.25, 0.3) is 0 Å². The number of nitrogens with zero attached hydrogens (tertiary/aromatic N) is 3. The molecule has 144 valence electrons. The molecule has 1 aliphatic rings. The Labute approximate surface area is 160 Å². The van der Waals surface area contributed by atoms with E-state index in [1.165, 1.54) is 5.56 Å². The molecule has 0 atom stereocenters. The van der Waals surface area contributed by atoms with E-state index in [-0.39, 0.29) is 18.4 Å². The standard InChI is InChI=1S/C21H28N4O2/c1-16-19(17(2)25(23-16)14-18-9-5-3-6-10-18)13-22-20(26)15-24-12-8-4-7-11-21(24)27/h3,5-6,9-10H,4,7-8,11-15H2,1-2H3,(H,22,26). The average Bonchev–Trinajstić information content (AvgIpc) is 2.80. The summed E-state index contributed by atoms with van der Waals surface area (Å²) < 4.78 is 1.98. The number of carbonyl (C=O) groups excluding carboxylic acids is 2. The number of carbonyl (C=O) groups is 2. The molecular weight excluding hydrogens is 340 g/mol. The number of benzene rings is 1. The molecule has 6 heteroatoms. The van der Waals surface area contributed by atoms with Gasteiger partial charge in [-0.25, -0.2) is 0 Å².